The molecule has 0 spiro atoms. The van der Waals surface area contributed by atoms with E-state index in [1.807, 2.05) is 49.4 Å². The first-order chi connectivity index (χ1) is 18.9. The third-order valence-corrected chi connectivity index (χ3v) is 6.34. The Balaban J connectivity index is 1.51. The number of benzene rings is 2. The minimum atomic E-state index is -0.495. The second-order valence-corrected chi connectivity index (χ2v) is 9.03. The van der Waals surface area contributed by atoms with Crippen LogP contribution in [0.2, 0.25) is 5.02 Å². The highest BCUT2D eigenvalue weighted by molar-refractivity contribution is 6.34. The zero-order valence-corrected chi connectivity index (χ0v) is 22.1. The van der Waals surface area contributed by atoms with Crippen LogP contribution in [0, 0.1) is 13.8 Å². The van der Waals surface area contributed by atoms with E-state index in [0.717, 1.165) is 5.69 Å². The van der Waals surface area contributed by atoms with Gasteiger partial charge in [-0.25, -0.2) is 4.68 Å². The number of hydrogen-bond acceptors (Lipinski definition) is 6. The van der Waals surface area contributed by atoms with Crippen LogP contribution in [0.25, 0.3) is 16.9 Å². The Labute approximate surface area is 229 Å². The van der Waals surface area contributed by atoms with Gasteiger partial charge in [-0.1, -0.05) is 35.9 Å². The van der Waals surface area contributed by atoms with Gasteiger partial charge in [0.1, 0.15) is 11.6 Å². The number of ether oxygens (including phenoxy) is 1. The molecule has 0 fully saturated rings. The Bertz CT molecular complexity index is 1640. The number of halogens is 1. The van der Waals surface area contributed by atoms with Crippen LogP contribution in [0.4, 0.5) is 11.5 Å². The normalized spacial score (nSPS) is 10.8. The van der Waals surface area contributed by atoms with Crippen molar-refractivity contribution in [2.75, 3.05) is 17.7 Å². The molecule has 0 atom stereocenters. The summed E-state index contributed by atoms with van der Waals surface area (Å²) in [5.74, 6) is -0.185. The molecule has 2 amide bonds. The number of methoxy groups -OCH3 is 1. The number of H-pyrrole nitrogens is 1. The van der Waals surface area contributed by atoms with Gasteiger partial charge < -0.3 is 15.4 Å². The van der Waals surface area contributed by atoms with E-state index in [1.54, 1.807) is 31.3 Å². The van der Waals surface area contributed by atoms with Crippen LogP contribution in [-0.2, 0) is 0 Å². The number of aromatic nitrogens is 5. The maximum Gasteiger partial charge on any atom is 0.276 e. The van der Waals surface area contributed by atoms with Crippen molar-refractivity contribution in [1.29, 1.82) is 0 Å². The third kappa shape index (κ3) is 5.23. The minimum Gasteiger partial charge on any atom is -0.496 e. The number of rotatable bonds is 7. The molecule has 10 nitrogen and oxygen atoms in total. The zero-order valence-electron chi connectivity index (χ0n) is 21.3. The summed E-state index contributed by atoms with van der Waals surface area (Å²) >= 11 is 6.49. The number of amides is 2. The van der Waals surface area contributed by atoms with Crippen LogP contribution < -0.4 is 15.4 Å². The largest absolute Gasteiger partial charge is 0.496 e. The summed E-state index contributed by atoms with van der Waals surface area (Å²) in [6.45, 7) is 3.59. The molecule has 0 radical (unpaired) electrons. The van der Waals surface area contributed by atoms with Crippen molar-refractivity contribution in [1.82, 2.24) is 25.0 Å². The molecular weight excluding hydrogens is 518 g/mol. The molecule has 0 saturated heterocycles. The first-order valence-electron chi connectivity index (χ1n) is 11.9. The van der Waals surface area contributed by atoms with E-state index < -0.39 is 11.8 Å². The van der Waals surface area contributed by atoms with E-state index in [-0.39, 0.29) is 22.1 Å². The van der Waals surface area contributed by atoms with Crippen molar-refractivity contribution in [3.8, 4) is 22.7 Å². The molecule has 11 heteroatoms. The lowest BCUT2D eigenvalue weighted by Gasteiger charge is -2.13. The molecule has 5 aromatic rings. The number of anilines is 2. The SMILES string of the molecule is COc1cc(Cl)c(C(=O)Nc2cc(C(=O)Nc3c(C)n[nH]c3C)nn2-c2ccccc2)cc1-c1ccccn1. The Morgan fingerprint density at radius 2 is 1.74 bits per heavy atom. The van der Waals surface area contributed by atoms with E-state index in [2.05, 4.69) is 30.9 Å². The highest BCUT2D eigenvalue weighted by atomic mass is 35.5. The average molecular weight is 542 g/mol. The van der Waals surface area contributed by atoms with Gasteiger partial charge in [0.05, 0.1) is 46.2 Å². The molecule has 5 rings (SSSR count). The fourth-order valence-electron chi connectivity index (χ4n) is 4.06. The van der Waals surface area contributed by atoms with Gasteiger partial charge in [0.2, 0.25) is 0 Å². The fourth-order valence-corrected chi connectivity index (χ4v) is 4.30. The molecule has 39 heavy (non-hydrogen) atoms. The average Bonchev–Trinajstić information content (AvgIpc) is 3.52. The number of nitrogens with zero attached hydrogens (tertiary/aromatic N) is 4. The maximum absolute atomic E-state index is 13.5. The molecule has 2 aromatic carbocycles. The quantitative estimate of drug-likeness (QED) is 0.252. The monoisotopic (exact) mass is 541 g/mol. The Morgan fingerprint density at radius 1 is 0.974 bits per heavy atom. The number of carbonyl (C=O) groups excluding carboxylic acids is 2. The lowest BCUT2D eigenvalue weighted by atomic mass is 10.1. The number of para-hydroxylation sites is 1. The van der Waals surface area contributed by atoms with Crippen LogP contribution >= 0.6 is 11.6 Å². The minimum absolute atomic E-state index is 0.101. The van der Waals surface area contributed by atoms with Gasteiger partial charge in [0.25, 0.3) is 11.8 Å². The number of nitrogens with one attached hydrogen (secondary N) is 3. The predicted molar refractivity (Wildman–Crippen MR) is 149 cm³/mol. The number of hydrogen-bond donors (Lipinski definition) is 3. The second-order valence-electron chi connectivity index (χ2n) is 8.63. The van der Waals surface area contributed by atoms with E-state index in [4.69, 9.17) is 16.3 Å². The molecule has 0 aliphatic carbocycles. The molecular formula is C28H24ClN7O3. The van der Waals surface area contributed by atoms with Gasteiger partial charge in [0, 0.05) is 23.9 Å². The predicted octanol–water partition coefficient (Wildman–Crippen LogP) is 5.44. The van der Waals surface area contributed by atoms with Gasteiger partial charge in [-0.05, 0) is 44.2 Å². The summed E-state index contributed by atoms with van der Waals surface area (Å²) in [5.41, 5.74) is 4.13. The first kappa shape index (κ1) is 25.7. The van der Waals surface area contributed by atoms with Gasteiger partial charge >= 0.3 is 0 Å². The highest BCUT2D eigenvalue weighted by Crippen LogP contribution is 2.34. The number of aromatic amines is 1. The smallest absolute Gasteiger partial charge is 0.276 e. The molecule has 0 unspecified atom stereocenters. The standard InChI is InChI=1S/C28H24ClN7O3/c1-16-26(17(2)34-33-16)32-28(38)23-15-25(36(35-23)18-9-5-4-6-10-18)31-27(37)19-13-20(22-11-7-8-12-30-22)24(39-3)14-21(19)29/h4-15H,1-3H3,(H,31,37)(H,32,38)(H,33,34). The molecule has 0 bridgehead atoms. The number of aryl methyl sites for hydroxylation is 2. The van der Waals surface area contributed by atoms with Gasteiger partial charge in [-0.15, -0.1) is 0 Å². The number of pyridine rings is 1. The van der Waals surface area contributed by atoms with Crippen molar-refractivity contribution < 1.29 is 14.3 Å². The summed E-state index contributed by atoms with van der Waals surface area (Å²) < 4.78 is 6.96. The molecule has 0 aliphatic rings. The Morgan fingerprint density at radius 3 is 2.41 bits per heavy atom. The topological polar surface area (TPSA) is 127 Å². The molecule has 0 saturated carbocycles. The summed E-state index contributed by atoms with van der Waals surface area (Å²) in [6, 6.07) is 19.3. The van der Waals surface area contributed by atoms with E-state index in [1.165, 1.54) is 17.9 Å². The van der Waals surface area contributed by atoms with Crippen LogP contribution in [0.1, 0.15) is 32.2 Å². The lowest BCUT2D eigenvalue weighted by molar-refractivity contribution is 0.101. The molecule has 0 aliphatic heterocycles. The van der Waals surface area contributed by atoms with E-state index in [0.29, 0.717) is 34.1 Å². The fraction of sp³-hybridized carbons (Fsp3) is 0.107. The van der Waals surface area contributed by atoms with Gasteiger partial charge in [0.15, 0.2) is 5.69 Å². The van der Waals surface area contributed by atoms with Crippen molar-refractivity contribution >= 4 is 34.9 Å². The molecule has 196 valence electrons. The van der Waals surface area contributed by atoms with Crippen molar-refractivity contribution in [2.45, 2.75) is 13.8 Å². The number of carbonyl (C=O) groups is 2. The molecule has 3 aromatic heterocycles. The van der Waals surface area contributed by atoms with Gasteiger partial charge in [-0.3, -0.25) is 19.7 Å². The Hall–Kier alpha value is -4.96. The third-order valence-electron chi connectivity index (χ3n) is 6.03. The van der Waals surface area contributed by atoms with Crippen LogP contribution in [-0.4, -0.2) is 43.9 Å². The van der Waals surface area contributed by atoms with Crippen LogP contribution in [0.5, 0.6) is 5.75 Å². The summed E-state index contributed by atoms with van der Waals surface area (Å²) in [5, 5.41) is 17.3. The zero-order chi connectivity index (χ0) is 27.5. The molecule has 3 heterocycles. The summed E-state index contributed by atoms with van der Waals surface area (Å²) in [7, 11) is 1.52. The van der Waals surface area contributed by atoms with E-state index >= 15 is 0 Å². The van der Waals surface area contributed by atoms with Crippen molar-refractivity contribution in [3.63, 3.8) is 0 Å². The highest BCUT2D eigenvalue weighted by Gasteiger charge is 2.22. The van der Waals surface area contributed by atoms with Crippen LogP contribution in [0.15, 0.2) is 72.9 Å². The van der Waals surface area contributed by atoms with Crippen molar-refractivity contribution in [3.05, 3.63) is 101 Å². The Kier molecular flexibility index (Phi) is 7.11. The summed E-state index contributed by atoms with van der Waals surface area (Å²) in [6.07, 6.45) is 1.65. The van der Waals surface area contributed by atoms with Crippen LogP contribution in [0.3, 0.4) is 0 Å². The van der Waals surface area contributed by atoms with Crippen molar-refractivity contribution in [2.24, 2.45) is 0 Å². The maximum atomic E-state index is 13.5. The summed E-state index contributed by atoms with van der Waals surface area (Å²) in [4.78, 5) is 31.0. The van der Waals surface area contributed by atoms with Gasteiger partial charge in [-0.2, -0.15) is 10.2 Å². The second kappa shape index (κ2) is 10.8. The van der Waals surface area contributed by atoms with E-state index in [9.17, 15) is 9.59 Å². The first-order valence-corrected chi connectivity index (χ1v) is 12.3. The molecule has 3 N–H and O–H groups in total. The lowest BCUT2D eigenvalue weighted by Crippen LogP contribution is -2.16.